The summed E-state index contributed by atoms with van der Waals surface area (Å²) in [5, 5.41) is 7.49. The van der Waals surface area contributed by atoms with Crippen LogP contribution in [0.15, 0.2) is 35.5 Å². The van der Waals surface area contributed by atoms with E-state index in [0.29, 0.717) is 4.90 Å². The average Bonchev–Trinajstić information content (AvgIpc) is 2.83. The molecule has 1 aromatic heterocycles. The number of hydrogen-bond donors (Lipinski definition) is 1. The zero-order valence-electron chi connectivity index (χ0n) is 11.7. The van der Waals surface area contributed by atoms with E-state index in [4.69, 9.17) is 0 Å². The first-order chi connectivity index (χ1) is 9.70. The molecule has 2 rings (SSSR count). The van der Waals surface area contributed by atoms with E-state index in [9.17, 15) is 4.39 Å². The second-order valence-corrected chi connectivity index (χ2v) is 5.56. The fourth-order valence-corrected chi connectivity index (χ4v) is 2.95. The fraction of sp³-hybridized carbons (Fsp3) is 0.429. The number of hydrogen-bond acceptors (Lipinski definition) is 4. The molecule has 4 nitrogen and oxygen atoms in total. The molecule has 0 aliphatic carbocycles. The zero-order valence-corrected chi connectivity index (χ0v) is 12.5. The van der Waals surface area contributed by atoms with Crippen LogP contribution in [0.5, 0.6) is 0 Å². The lowest BCUT2D eigenvalue weighted by Crippen LogP contribution is -2.34. The van der Waals surface area contributed by atoms with Crippen LogP contribution in [0.2, 0.25) is 0 Å². The summed E-state index contributed by atoms with van der Waals surface area (Å²) in [5.41, 5.74) is 0. The molecule has 1 atom stereocenters. The number of likely N-dealkylation sites (N-methyl/N-ethyl adjacent to an activating group) is 1. The molecule has 2 aromatic rings. The minimum absolute atomic E-state index is 0.161. The van der Waals surface area contributed by atoms with Crippen LogP contribution in [-0.4, -0.2) is 33.1 Å². The van der Waals surface area contributed by atoms with Gasteiger partial charge in [-0.2, -0.15) is 5.10 Å². The Bertz CT molecular complexity index is 543. The van der Waals surface area contributed by atoms with E-state index in [2.05, 4.69) is 22.3 Å². The quantitative estimate of drug-likeness (QED) is 0.796. The molecule has 0 spiro atoms. The molecule has 108 valence electrons. The minimum Gasteiger partial charge on any atom is -0.313 e. The van der Waals surface area contributed by atoms with E-state index in [1.54, 1.807) is 17.1 Å². The number of aryl methyl sites for hydroxylation is 1. The monoisotopic (exact) mass is 294 g/mol. The summed E-state index contributed by atoms with van der Waals surface area (Å²) in [6.45, 7) is 2.94. The number of nitrogens with one attached hydrogen (secondary N) is 1. The van der Waals surface area contributed by atoms with Gasteiger partial charge in [0.1, 0.15) is 18.0 Å². The van der Waals surface area contributed by atoms with Gasteiger partial charge in [-0.25, -0.2) is 9.37 Å². The summed E-state index contributed by atoms with van der Waals surface area (Å²) in [6.07, 6.45) is 2.34. The molecule has 20 heavy (non-hydrogen) atoms. The molecule has 1 heterocycles. The molecular formula is C14H19FN4S. The SMILES string of the molecule is CCNC(CSc1ccccc1F)Cc1ncnn1C. The van der Waals surface area contributed by atoms with Gasteiger partial charge in [-0.05, 0) is 18.7 Å². The summed E-state index contributed by atoms with van der Waals surface area (Å²) in [6, 6.07) is 7.11. The van der Waals surface area contributed by atoms with Gasteiger partial charge in [0.05, 0.1) is 0 Å². The van der Waals surface area contributed by atoms with Crippen LogP contribution < -0.4 is 5.32 Å². The number of benzene rings is 1. The van der Waals surface area contributed by atoms with Crippen molar-refractivity contribution in [3.8, 4) is 0 Å². The second-order valence-electron chi connectivity index (χ2n) is 4.50. The standard InChI is InChI=1S/C14H19FN4S/c1-3-16-11(8-14-17-10-18-19(14)2)9-20-13-7-5-4-6-12(13)15/h4-7,10-11,16H,3,8-9H2,1-2H3. The highest BCUT2D eigenvalue weighted by Crippen LogP contribution is 2.22. The molecule has 0 saturated heterocycles. The molecule has 0 fully saturated rings. The van der Waals surface area contributed by atoms with Gasteiger partial charge in [0, 0.05) is 30.2 Å². The highest BCUT2D eigenvalue weighted by atomic mass is 32.2. The molecule has 0 aliphatic heterocycles. The summed E-state index contributed by atoms with van der Waals surface area (Å²) in [7, 11) is 1.88. The lowest BCUT2D eigenvalue weighted by Gasteiger charge is -2.17. The van der Waals surface area contributed by atoms with Gasteiger partial charge in [0.2, 0.25) is 0 Å². The Hall–Kier alpha value is -1.40. The lowest BCUT2D eigenvalue weighted by molar-refractivity contribution is 0.541. The van der Waals surface area contributed by atoms with Crippen molar-refractivity contribution in [2.45, 2.75) is 24.3 Å². The Morgan fingerprint density at radius 2 is 2.20 bits per heavy atom. The topological polar surface area (TPSA) is 42.7 Å². The molecule has 1 unspecified atom stereocenters. The van der Waals surface area contributed by atoms with Crippen molar-refractivity contribution < 1.29 is 4.39 Å². The number of rotatable bonds is 7. The van der Waals surface area contributed by atoms with Crippen molar-refractivity contribution in [2.24, 2.45) is 7.05 Å². The maximum atomic E-state index is 13.6. The first-order valence-electron chi connectivity index (χ1n) is 6.64. The maximum Gasteiger partial charge on any atom is 0.138 e. The largest absolute Gasteiger partial charge is 0.313 e. The predicted octanol–water partition coefficient (Wildman–Crippen LogP) is 2.27. The van der Waals surface area contributed by atoms with Crippen LogP contribution in [-0.2, 0) is 13.5 Å². The van der Waals surface area contributed by atoms with Gasteiger partial charge in [0.25, 0.3) is 0 Å². The highest BCUT2D eigenvalue weighted by Gasteiger charge is 2.13. The Morgan fingerprint density at radius 3 is 2.85 bits per heavy atom. The minimum atomic E-state index is -0.161. The Morgan fingerprint density at radius 1 is 1.40 bits per heavy atom. The summed E-state index contributed by atoms with van der Waals surface area (Å²) in [5.74, 6) is 1.57. The van der Waals surface area contributed by atoms with Crippen molar-refractivity contribution >= 4 is 11.8 Å². The van der Waals surface area contributed by atoms with Crippen LogP contribution in [0.4, 0.5) is 4.39 Å². The van der Waals surface area contributed by atoms with E-state index >= 15 is 0 Å². The van der Waals surface area contributed by atoms with Gasteiger partial charge in [-0.1, -0.05) is 19.1 Å². The van der Waals surface area contributed by atoms with E-state index in [-0.39, 0.29) is 11.9 Å². The number of aromatic nitrogens is 3. The molecule has 0 amide bonds. The van der Waals surface area contributed by atoms with Gasteiger partial charge in [-0.15, -0.1) is 11.8 Å². The second kappa shape index (κ2) is 7.40. The van der Waals surface area contributed by atoms with Gasteiger partial charge in [0.15, 0.2) is 0 Å². The maximum absolute atomic E-state index is 13.6. The first kappa shape index (κ1) is 15.0. The van der Waals surface area contributed by atoms with Crippen LogP contribution in [0.3, 0.4) is 0 Å². The summed E-state index contributed by atoms with van der Waals surface area (Å²) >= 11 is 1.53. The van der Waals surface area contributed by atoms with Crippen LogP contribution in [0.25, 0.3) is 0 Å². The summed E-state index contributed by atoms with van der Waals surface area (Å²) in [4.78, 5) is 4.93. The number of thioether (sulfide) groups is 1. The smallest absolute Gasteiger partial charge is 0.138 e. The van der Waals surface area contributed by atoms with Gasteiger partial charge in [-0.3, -0.25) is 4.68 Å². The molecule has 0 radical (unpaired) electrons. The van der Waals surface area contributed by atoms with Crippen LogP contribution in [0, 0.1) is 5.82 Å². The third-order valence-corrected chi connectivity index (χ3v) is 4.21. The van der Waals surface area contributed by atoms with Crippen molar-refractivity contribution in [2.75, 3.05) is 12.3 Å². The van der Waals surface area contributed by atoms with E-state index in [0.717, 1.165) is 24.5 Å². The van der Waals surface area contributed by atoms with E-state index in [1.165, 1.54) is 17.8 Å². The number of halogens is 1. The van der Waals surface area contributed by atoms with Crippen molar-refractivity contribution in [1.29, 1.82) is 0 Å². The molecule has 6 heteroatoms. The molecular weight excluding hydrogens is 275 g/mol. The predicted molar refractivity (Wildman–Crippen MR) is 79.3 cm³/mol. The number of nitrogens with zero attached hydrogens (tertiary/aromatic N) is 3. The van der Waals surface area contributed by atoms with Crippen LogP contribution >= 0.6 is 11.8 Å². The molecule has 1 aromatic carbocycles. The first-order valence-corrected chi connectivity index (χ1v) is 7.62. The van der Waals surface area contributed by atoms with Crippen molar-refractivity contribution in [1.82, 2.24) is 20.1 Å². The normalized spacial score (nSPS) is 12.6. The van der Waals surface area contributed by atoms with Crippen LogP contribution in [0.1, 0.15) is 12.7 Å². The van der Waals surface area contributed by atoms with Crippen molar-refractivity contribution in [3.63, 3.8) is 0 Å². The third kappa shape index (κ3) is 4.05. The summed E-state index contributed by atoms with van der Waals surface area (Å²) < 4.78 is 15.4. The highest BCUT2D eigenvalue weighted by molar-refractivity contribution is 7.99. The fourth-order valence-electron chi connectivity index (χ4n) is 1.96. The van der Waals surface area contributed by atoms with E-state index < -0.39 is 0 Å². The Kier molecular flexibility index (Phi) is 5.55. The lowest BCUT2D eigenvalue weighted by atomic mass is 10.2. The Balaban J connectivity index is 1.96. The third-order valence-electron chi connectivity index (χ3n) is 3.00. The molecule has 0 saturated carbocycles. The Labute approximate surface area is 122 Å². The van der Waals surface area contributed by atoms with E-state index in [1.807, 2.05) is 19.2 Å². The van der Waals surface area contributed by atoms with Gasteiger partial charge >= 0.3 is 0 Å². The van der Waals surface area contributed by atoms with Crippen molar-refractivity contribution in [3.05, 3.63) is 42.2 Å². The average molecular weight is 294 g/mol. The molecule has 0 bridgehead atoms. The zero-order chi connectivity index (χ0) is 14.4. The molecule has 0 aliphatic rings. The molecule has 1 N–H and O–H groups in total. The van der Waals surface area contributed by atoms with Gasteiger partial charge < -0.3 is 5.32 Å².